The van der Waals surface area contributed by atoms with Gasteiger partial charge in [0, 0.05) is 11.9 Å². The summed E-state index contributed by atoms with van der Waals surface area (Å²) in [7, 11) is 0. The molecule has 2 rings (SSSR count). The number of benzene rings is 2. The Labute approximate surface area is 160 Å². The van der Waals surface area contributed by atoms with Crippen LogP contribution in [0.3, 0.4) is 0 Å². The van der Waals surface area contributed by atoms with E-state index in [1.165, 1.54) is 19.1 Å². The fraction of sp³-hybridized carbons (Fsp3) is 0.211. The lowest BCUT2D eigenvalue weighted by atomic mass is 10.0. The molecule has 8 heteroatoms. The van der Waals surface area contributed by atoms with Gasteiger partial charge in [-0.2, -0.15) is 0 Å². The number of carbonyl (C=O) groups is 3. The Hall–Kier alpha value is -2.93. The van der Waals surface area contributed by atoms with Crippen LogP contribution in [0.5, 0.6) is 0 Å². The Morgan fingerprint density at radius 2 is 1.85 bits per heavy atom. The van der Waals surface area contributed by atoms with Crippen molar-refractivity contribution in [3.8, 4) is 0 Å². The van der Waals surface area contributed by atoms with Crippen LogP contribution in [0.15, 0.2) is 48.5 Å². The van der Waals surface area contributed by atoms with E-state index in [0.29, 0.717) is 0 Å². The van der Waals surface area contributed by atoms with Crippen LogP contribution in [0.4, 0.5) is 10.1 Å². The second-order valence-corrected chi connectivity index (χ2v) is 6.14. The normalized spacial score (nSPS) is 11.4. The van der Waals surface area contributed by atoms with E-state index >= 15 is 0 Å². The number of carbonyl (C=O) groups excluding carboxylic acids is 3. The molecule has 2 aromatic carbocycles. The second kappa shape index (κ2) is 9.68. The van der Waals surface area contributed by atoms with E-state index in [-0.39, 0.29) is 23.0 Å². The first-order valence-corrected chi connectivity index (χ1v) is 8.45. The molecule has 0 aliphatic rings. The van der Waals surface area contributed by atoms with Gasteiger partial charge in [0.2, 0.25) is 5.91 Å². The molecule has 0 saturated heterocycles. The molecule has 142 valence electrons. The molecule has 2 N–H and O–H groups in total. The van der Waals surface area contributed by atoms with Crippen LogP contribution >= 0.6 is 11.6 Å². The summed E-state index contributed by atoms with van der Waals surface area (Å²) in [6, 6.07) is 12.1. The van der Waals surface area contributed by atoms with Gasteiger partial charge in [-0.1, -0.05) is 41.9 Å². The molecule has 6 nitrogen and oxygen atoms in total. The smallest absolute Gasteiger partial charge is 0.308 e. The number of anilines is 1. The quantitative estimate of drug-likeness (QED) is 0.708. The molecule has 0 aromatic heterocycles. The SMILES string of the molecule is CC(=O)N[C@@H](CC(=O)OCC(=O)Nc1ccc(Cl)cc1F)c1ccccc1. The van der Waals surface area contributed by atoms with Gasteiger partial charge in [0.25, 0.3) is 5.91 Å². The van der Waals surface area contributed by atoms with E-state index in [4.69, 9.17) is 16.3 Å². The number of amides is 2. The second-order valence-electron chi connectivity index (χ2n) is 5.70. The average molecular weight is 393 g/mol. The molecule has 0 spiro atoms. The Kier molecular flexibility index (Phi) is 7.31. The van der Waals surface area contributed by atoms with Gasteiger partial charge in [0.1, 0.15) is 5.82 Å². The lowest BCUT2D eigenvalue weighted by Crippen LogP contribution is -2.29. The van der Waals surface area contributed by atoms with E-state index in [0.717, 1.165) is 11.6 Å². The number of halogens is 2. The highest BCUT2D eigenvalue weighted by atomic mass is 35.5. The standard InChI is InChI=1S/C19H18ClFN2O4/c1-12(24)22-17(13-5-3-2-4-6-13)10-19(26)27-11-18(25)23-16-8-7-14(20)9-15(16)21/h2-9,17H,10-11H2,1H3,(H,22,24)(H,23,25)/t17-/m0/s1. The summed E-state index contributed by atoms with van der Waals surface area (Å²) < 4.78 is 18.6. The average Bonchev–Trinajstić information content (AvgIpc) is 2.62. The maximum absolute atomic E-state index is 13.6. The van der Waals surface area contributed by atoms with Gasteiger partial charge < -0.3 is 15.4 Å². The van der Waals surface area contributed by atoms with E-state index in [9.17, 15) is 18.8 Å². The molecule has 0 saturated carbocycles. The Bertz CT molecular complexity index is 830. The summed E-state index contributed by atoms with van der Waals surface area (Å²) in [6.45, 7) is 0.762. The lowest BCUT2D eigenvalue weighted by Gasteiger charge is -2.17. The highest BCUT2D eigenvalue weighted by molar-refractivity contribution is 6.30. The summed E-state index contributed by atoms with van der Waals surface area (Å²) in [5.74, 6) is -2.37. The van der Waals surface area contributed by atoms with E-state index in [1.54, 1.807) is 24.3 Å². The minimum atomic E-state index is -0.697. The molecule has 0 fully saturated rings. The first-order valence-electron chi connectivity index (χ1n) is 8.07. The van der Waals surface area contributed by atoms with Crippen LogP contribution in [-0.4, -0.2) is 24.4 Å². The molecule has 1 atom stereocenters. The fourth-order valence-corrected chi connectivity index (χ4v) is 2.49. The molecule has 0 bridgehead atoms. The highest BCUT2D eigenvalue weighted by Crippen LogP contribution is 2.19. The van der Waals surface area contributed by atoms with Crippen molar-refractivity contribution in [1.82, 2.24) is 5.32 Å². The summed E-state index contributed by atoms with van der Waals surface area (Å²) in [4.78, 5) is 35.2. The highest BCUT2D eigenvalue weighted by Gasteiger charge is 2.19. The zero-order chi connectivity index (χ0) is 19.8. The molecule has 27 heavy (non-hydrogen) atoms. The summed E-state index contributed by atoms with van der Waals surface area (Å²) in [6.07, 6.45) is -0.147. The van der Waals surface area contributed by atoms with Crippen molar-refractivity contribution < 1.29 is 23.5 Å². The number of rotatable bonds is 7. The number of ether oxygens (including phenoxy) is 1. The summed E-state index contributed by atoms with van der Waals surface area (Å²) in [5, 5.41) is 5.15. The molecule has 0 radical (unpaired) electrons. The number of esters is 1. The third-order valence-corrected chi connectivity index (χ3v) is 3.75. The number of hydrogen-bond donors (Lipinski definition) is 2. The predicted octanol–water partition coefficient (Wildman–Crippen LogP) is 3.23. The van der Waals surface area contributed by atoms with Crippen molar-refractivity contribution in [2.24, 2.45) is 0 Å². The molecule has 2 aromatic rings. The topological polar surface area (TPSA) is 84.5 Å². The van der Waals surface area contributed by atoms with Gasteiger partial charge in [0.15, 0.2) is 6.61 Å². The van der Waals surface area contributed by atoms with Crippen LogP contribution < -0.4 is 10.6 Å². The number of nitrogens with one attached hydrogen (secondary N) is 2. The minimum Gasteiger partial charge on any atom is -0.455 e. The summed E-state index contributed by atoms with van der Waals surface area (Å²) in [5.41, 5.74) is 0.665. The Morgan fingerprint density at radius 1 is 1.15 bits per heavy atom. The Balaban J connectivity index is 1.89. The number of hydrogen-bond acceptors (Lipinski definition) is 4. The van der Waals surface area contributed by atoms with Gasteiger partial charge in [0.05, 0.1) is 18.2 Å². The van der Waals surface area contributed by atoms with Crippen LogP contribution in [-0.2, 0) is 19.1 Å². The predicted molar refractivity (Wildman–Crippen MR) is 98.6 cm³/mol. The van der Waals surface area contributed by atoms with Crippen molar-refractivity contribution in [3.05, 3.63) is 64.9 Å². The van der Waals surface area contributed by atoms with Crippen molar-refractivity contribution in [2.75, 3.05) is 11.9 Å². The lowest BCUT2D eigenvalue weighted by molar-refractivity contribution is -0.148. The van der Waals surface area contributed by atoms with E-state index < -0.39 is 30.3 Å². The van der Waals surface area contributed by atoms with Crippen molar-refractivity contribution >= 4 is 35.1 Å². The first kappa shape index (κ1) is 20.4. The maximum atomic E-state index is 13.6. The zero-order valence-corrected chi connectivity index (χ0v) is 15.3. The first-order chi connectivity index (χ1) is 12.8. The molecule has 0 unspecified atom stereocenters. The van der Waals surface area contributed by atoms with Crippen molar-refractivity contribution in [1.29, 1.82) is 0 Å². The molecular weight excluding hydrogens is 375 g/mol. The molecule has 0 heterocycles. The fourth-order valence-electron chi connectivity index (χ4n) is 2.33. The summed E-state index contributed by atoms with van der Waals surface area (Å²) >= 11 is 5.64. The van der Waals surface area contributed by atoms with Crippen molar-refractivity contribution in [2.45, 2.75) is 19.4 Å². The van der Waals surface area contributed by atoms with E-state index in [2.05, 4.69) is 10.6 Å². The van der Waals surface area contributed by atoms with Gasteiger partial charge >= 0.3 is 5.97 Å². The van der Waals surface area contributed by atoms with E-state index in [1.807, 2.05) is 6.07 Å². The van der Waals surface area contributed by atoms with Crippen LogP contribution in [0.25, 0.3) is 0 Å². The molecule has 0 aliphatic carbocycles. The van der Waals surface area contributed by atoms with Crippen LogP contribution in [0, 0.1) is 5.82 Å². The Morgan fingerprint density at radius 3 is 2.48 bits per heavy atom. The van der Waals surface area contributed by atoms with Gasteiger partial charge in [-0.25, -0.2) is 4.39 Å². The maximum Gasteiger partial charge on any atom is 0.308 e. The molecular formula is C19H18ClFN2O4. The monoisotopic (exact) mass is 392 g/mol. The van der Waals surface area contributed by atoms with Crippen molar-refractivity contribution in [3.63, 3.8) is 0 Å². The minimum absolute atomic E-state index is 0.0687. The zero-order valence-electron chi connectivity index (χ0n) is 14.5. The molecule has 2 amide bonds. The van der Waals surface area contributed by atoms with Crippen LogP contribution in [0.1, 0.15) is 24.9 Å². The van der Waals surface area contributed by atoms with Gasteiger partial charge in [-0.15, -0.1) is 0 Å². The van der Waals surface area contributed by atoms with Gasteiger partial charge in [-0.3, -0.25) is 14.4 Å². The largest absolute Gasteiger partial charge is 0.455 e. The van der Waals surface area contributed by atoms with Gasteiger partial charge in [-0.05, 0) is 23.8 Å². The third-order valence-electron chi connectivity index (χ3n) is 3.52. The van der Waals surface area contributed by atoms with Crippen LogP contribution in [0.2, 0.25) is 5.02 Å². The molecule has 0 aliphatic heterocycles. The third kappa shape index (κ3) is 6.71.